The van der Waals surface area contributed by atoms with E-state index in [9.17, 15) is 4.79 Å². The summed E-state index contributed by atoms with van der Waals surface area (Å²) in [7, 11) is 0. The molecule has 2 unspecified atom stereocenters. The Morgan fingerprint density at radius 2 is 2.26 bits per heavy atom. The average Bonchev–Trinajstić information content (AvgIpc) is 2.32. The Morgan fingerprint density at radius 3 is 2.89 bits per heavy atom. The van der Waals surface area contributed by atoms with Crippen LogP contribution in [0.25, 0.3) is 0 Å². The molecule has 3 nitrogen and oxygen atoms in total. The third-order valence-electron chi connectivity index (χ3n) is 3.14. The molecule has 1 heterocycles. The van der Waals surface area contributed by atoms with Gasteiger partial charge in [-0.1, -0.05) is 11.6 Å². The quantitative estimate of drug-likeness (QED) is 0.729. The molecule has 0 spiro atoms. The second kappa shape index (κ2) is 7.67. The maximum Gasteiger partial charge on any atom is 0.251 e. The Morgan fingerprint density at radius 1 is 1.53 bits per heavy atom. The molecule has 1 aromatic carbocycles. The topological polar surface area (TPSA) is 41.1 Å². The van der Waals surface area contributed by atoms with Crippen molar-refractivity contribution in [3.05, 3.63) is 32.4 Å². The first-order valence-corrected chi connectivity index (χ1v) is 7.51. The van der Waals surface area contributed by atoms with Gasteiger partial charge in [-0.3, -0.25) is 4.79 Å². The van der Waals surface area contributed by atoms with Gasteiger partial charge < -0.3 is 10.6 Å². The molecule has 0 aliphatic carbocycles. The van der Waals surface area contributed by atoms with E-state index in [1.54, 1.807) is 12.1 Å². The molecule has 19 heavy (non-hydrogen) atoms. The van der Waals surface area contributed by atoms with Crippen LogP contribution in [0.2, 0.25) is 5.02 Å². The van der Waals surface area contributed by atoms with Gasteiger partial charge in [-0.05, 0) is 67.1 Å². The lowest BCUT2D eigenvalue weighted by Crippen LogP contribution is -2.46. The van der Waals surface area contributed by atoms with Gasteiger partial charge in [-0.15, -0.1) is 12.4 Å². The molecule has 2 N–H and O–H groups in total. The summed E-state index contributed by atoms with van der Waals surface area (Å²) < 4.78 is 0.903. The summed E-state index contributed by atoms with van der Waals surface area (Å²) in [5, 5.41) is 7.14. The van der Waals surface area contributed by atoms with Crippen molar-refractivity contribution in [1.29, 1.82) is 0 Å². The smallest absolute Gasteiger partial charge is 0.251 e. The Labute approximate surface area is 138 Å². The van der Waals surface area contributed by atoms with Crippen LogP contribution >= 0.6 is 46.6 Å². The Balaban J connectivity index is 0.00000180. The number of hydrogen-bond donors (Lipinski definition) is 2. The number of piperidine rings is 1. The molecule has 1 aromatic rings. The summed E-state index contributed by atoms with van der Waals surface area (Å²) in [6.45, 7) is 3.10. The highest BCUT2D eigenvalue weighted by Crippen LogP contribution is 2.19. The lowest BCUT2D eigenvalue weighted by Gasteiger charge is -2.28. The third-order valence-corrected chi connectivity index (χ3v) is 4.68. The van der Waals surface area contributed by atoms with Crippen molar-refractivity contribution in [3.8, 4) is 0 Å². The Kier molecular flexibility index (Phi) is 6.86. The van der Waals surface area contributed by atoms with E-state index in [0.29, 0.717) is 16.6 Å². The zero-order valence-corrected chi connectivity index (χ0v) is 14.3. The van der Waals surface area contributed by atoms with Crippen molar-refractivity contribution < 1.29 is 4.79 Å². The largest absolute Gasteiger partial charge is 0.349 e. The number of carbonyl (C=O) groups is 1. The highest BCUT2D eigenvalue weighted by atomic mass is 127. The predicted molar refractivity (Wildman–Crippen MR) is 89.4 cm³/mol. The predicted octanol–water partition coefficient (Wildman–Crippen LogP) is 3.24. The molecule has 0 aromatic heterocycles. The van der Waals surface area contributed by atoms with Crippen LogP contribution in [-0.2, 0) is 0 Å². The van der Waals surface area contributed by atoms with Crippen molar-refractivity contribution in [3.63, 3.8) is 0 Å². The van der Waals surface area contributed by atoms with Crippen LogP contribution in [0.4, 0.5) is 0 Å². The van der Waals surface area contributed by atoms with E-state index in [4.69, 9.17) is 11.6 Å². The summed E-state index contributed by atoms with van der Waals surface area (Å²) in [5.74, 6) is -0.0105. The van der Waals surface area contributed by atoms with E-state index in [1.165, 1.54) is 0 Å². The fourth-order valence-electron chi connectivity index (χ4n) is 2.17. The van der Waals surface area contributed by atoms with Crippen molar-refractivity contribution in [2.75, 3.05) is 6.54 Å². The maximum absolute atomic E-state index is 12.1. The van der Waals surface area contributed by atoms with Gasteiger partial charge in [0.25, 0.3) is 5.91 Å². The van der Waals surface area contributed by atoms with Crippen molar-refractivity contribution in [2.24, 2.45) is 0 Å². The van der Waals surface area contributed by atoms with E-state index >= 15 is 0 Å². The number of carbonyl (C=O) groups excluding carboxylic acids is 1. The summed E-state index contributed by atoms with van der Waals surface area (Å²) in [6, 6.07) is 6.09. The van der Waals surface area contributed by atoms with Crippen LogP contribution in [0.15, 0.2) is 18.2 Å². The van der Waals surface area contributed by atoms with Gasteiger partial charge in [0.1, 0.15) is 0 Å². The number of halogens is 3. The third kappa shape index (κ3) is 4.77. The molecule has 1 fully saturated rings. The lowest BCUT2D eigenvalue weighted by molar-refractivity contribution is 0.0925. The van der Waals surface area contributed by atoms with Gasteiger partial charge in [0.2, 0.25) is 0 Å². The molecule has 6 heteroatoms. The van der Waals surface area contributed by atoms with E-state index in [2.05, 4.69) is 40.1 Å². The summed E-state index contributed by atoms with van der Waals surface area (Å²) in [6.07, 6.45) is 1.97. The molecular formula is C13H17Cl2IN2O. The molecule has 2 rings (SSSR count). The van der Waals surface area contributed by atoms with Crippen LogP contribution in [0.5, 0.6) is 0 Å². The first kappa shape index (κ1) is 17.0. The standard InChI is InChI=1S/C13H16ClIN2O.ClH/c1-8-6-10(4-5-16-8)17-13(18)9-2-3-11(14)12(15)7-9;/h2-3,7-8,10,16H,4-6H2,1H3,(H,17,18);1H. The van der Waals surface area contributed by atoms with Crippen LogP contribution < -0.4 is 10.6 Å². The van der Waals surface area contributed by atoms with Crippen molar-refractivity contribution in [2.45, 2.75) is 31.8 Å². The summed E-state index contributed by atoms with van der Waals surface area (Å²) in [4.78, 5) is 12.1. The molecule has 1 amide bonds. The molecule has 0 saturated carbocycles. The minimum atomic E-state index is -0.0105. The molecule has 2 atom stereocenters. The SMILES string of the molecule is CC1CC(NC(=O)c2ccc(Cl)c(I)c2)CCN1.Cl. The van der Waals surface area contributed by atoms with E-state index in [1.807, 2.05) is 6.07 Å². The number of rotatable bonds is 2. The molecule has 1 aliphatic heterocycles. The van der Waals surface area contributed by atoms with Gasteiger partial charge in [-0.25, -0.2) is 0 Å². The number of benzene rings is 1. The van der Waals surface area contributed by atoms with E-state index < -0.39 is 0 Å². The first-order chi connectivity index (χ1) is 8.56. The molecule has 1 aliphatic rings. The summed E-state index contributed by atoms with van der Waals surface area (Å²) >= 11 is 8.08. The van der Waals surface area contributed by atoms with Gasteiger partial charge in [0.15, 0.2) is 0 Å². The minimum Gasteiger partial charge on any atom is -0.349 e. The Hall–Kier alpha value is -0.0400. The van der Waals surface area contributed by atoms with Crippen LogP contribution in [0, 0.1) is 3.57 Å². The normalized spacial score (nSPS) is 22.5. The highest BCUT2D eigenvalue weighted by molar-refractivity contribution is 14.1. The van der Waals surface area contributed by atoms with E-state index in [0.717, 1.165) is 23.0 Å². The molecule has 1 saturated heterocycles. The van der Waals surface area contributed by atoms with Crippen LogP contribution in [-0.4, -0.2) is 24.5 Å². The zero-order valence-electron chi connectivity index (χ0n) is 10.6. The second-order valence-corrected chi connectivity index (χ2v) is 6.25. The maximum atomic E-state index is 12.1. The van der Waals surface area contributed by atoms with Gasteiger partial charge in [-0.2, -0.15) is 0 Å². The van der Waals surface area contributed by atoms with Gasteiger partial charge in [0, 0.05) is 21.2 Å². The molecule has 0 radical (unpaired) electrons. The summed E-state index contributed by atoms with van der Waals surface area (Å²) in [5.41, 5.74) is 0.676. The Bertz CT molecular complexity index is 456. The number of nitrogens with one attached hydrogen (secondary N) is 2. The fourth-order valence-corrected chi connectivity index (χ4v) is 2.80. The van der Waals surface area contributed by atoms with E-state index in [-0.39, 0.29) is 24.4 Å². The van der Waals surface area contributed by atoms with Gasteiger partial charge in [0.05, 0.1) is 5.02 Å². The molecular weight excluding hydrogens is 398 g/mol. The van der Waals surface area contributed by atoms with Crippen LogP contribution in [0.3, 0.4) is 0 Å². The minimum absolute atomic E-state index is 0. The van der Waals surface area contributed by atoms with Crippen molar-refractivity contribution in [1.82, 2.24) is 10.6 Å². The number of amides is 1. The second-order valence-electron chi connectivity index (χ2n) is 4.68. The molecule has 106 valence electrons. The number of hydrogen-bond acceptors (Lipinski definition) is 2. The lowest BCUT2D eigenvalue weighted by atomic mass is 10.0. The fraction of sp³-hybridized carbons (Fsp3) is 0.462. The zero-order chi connectivity index (χ0) is 13.1. The monoisotopic (exact) mass is 414 g/mol. The first-order valence-electron chi connectivity index (χ1n) is 6.05. The average molecular weight is 415 g/mol. The van der Waals surface area contributed by atoms with Crippen LogP contribution in [0.1, 0.15) is 30.1 Å². The van der Waals surface area contributed by atoms with Gasteiger partial charge >= 0.3 is 0 Å². The van der Waals surface area contributed by atoms with Crippen molar-refractivity contribution >= 4 is 52.5 Å². The molecule has 0 bridgehead atoms. The highest BCUT2D eigenvalue weighted by Gasteiger charge is 2.20.